The number of thiazole rings is 1. The highest BCUT2D eigenvalue weighted by molar-refractivity contribution is 8.30. The van der Waals surface area contributed by atoms with Gasteiger partial charge in [0.15, 0.2) is 0 Å². The summed E-state index contributed by atoms with van der Waals surface area (Å²) < 4.78 is 2.09. The minimum absolute atomic E-state index is 0.0441. The molecular weight excluding hydrogens is 799 g/mol. The second-order valence-electron chi connectivity index (χ2n) is 15.4. The Hall–Kier alpha value is -5.56. The number of aliphatic carboxylic acids is 2. The Labute approximate surface area is 355 Å². The zero-order valence-corrected chi connectivity index (χ0v) is 34.9. The summed E-state index contributed by atoms with van der Waals surface area (Å²) in [5.41, 5.74) is 8.47. The van der Waals surface area contributed by atoms with Gasteiger partial charge in [-0.05, 0) is 101 Å². The number of hydrogen-bond acceptors (Lipinski definition) is 8. The number of carbonyl (C=O) groups is 3. The fourth-order valence-electron chi connectivity index (χ4n) is 8.60. The van der Waals surface area contributed by atoms with Crippen LogP contribution in [-0.2, 0) is 20.9 Å². The minimum atomic E-state index is -1.19. The molecule has 4 aromatic carbocycles. The molecule has 3 heterocycles. The van der Waals surface area contributed by atoms with Gasteiger partial charge in [0.2, 0.25) is 0 Å². The number of fused-ring (bicyclic) bond motifs is 3. The number of thioether (sulfide) groups is 1. The maximum Gasteiger partial charge on any atom is 0.323 e. The van der Waals surface area contributed by atoms with Gasteiger partial charge in [-0.25, -0.2) is 0 Å². The summed E-state index contributed by atoms with van der Waals surface area (Å²) in [6.45, 7) is 1.57. The second kappa shape index (κ2) is 17.3. The highest BCUT2D eigenvalue weighted by Crippen LogP contribution is 2.52. The first-order valence-electron chi connectivity index (χ1n) is 19.8. The molecule has 3 atom stereocenters. The van der Waals surface area contributed by atoms with Gasteiger partial charge >= 0.3 is 11.9 Å². The number of carboxylic acid groups (broad SMARTS) is 2. The summed E-state index contributed by atoms with van der Waals surface area (Å²) in [6, 6.07) is 36.2. The van der Waals surface area contributed by atoms with Gasteiger partial charge in [-0.3, -0.25) is 28.6 Å². The van der Waals surface area contributed by atoms with E-state index in [0.29, 0.717) is 40.2 Å². The molecule has 0 radical (unpaired) electrons. The molecule has 59 heavy (non-hydrogen) atoms. The highest BCUT2D eigenvalue weighted by atomic mass is 32.2. The lowest BCUT2D eigenvalue weighted by atomic mass is 9.95. The fourth-order valence-corrected chi connectivity index (χ4v) is 11.2. The third kappa shape index (κ3) is 8.48. The molecule has 5 aromatic rings. The smallest absolute Gasteiger partial charge is 0.323 e. The highest BCUT2D eigenvalue weighted by Gasteiger charge is 2.42. The number of rotatable bonds is 13. The Bertz CT molecular complexity index is 2610. The number of benzene rings is 4. The summed E-state index contributed by atoms with van der Waals surface area (Å²) >= 11 is 7.71. The van der Waals surface area contributed by atoms with E-state index in [1.54, 1.807) is 6.08 Å². The van der Waals surface area contributed by atoms with Crippen molar-refractivity contribution in [2.24, 2.45) is 5.92 Å². The topological polar surface area (TPSA) is 120 Å². The predicted octanol–water partition coefficient (Wildman–Crippen LogP) is 8.06. The maximum atomic E-state index is 13.8. The third-order valence-electron chi connectivity index (χ3n) is 11.3. The summed E-state index contributed by atoms with van der Waals surface area (Å²) in [4.78, 5) is 54.7. The second-order valence-corrected chi connectivity index (χ2v) is 18.0. The summed E-state index contributed by atoms with van der Waals surface area (Å²) in [5, 5.41) is 18.9. The van der Waals surface area contributed by atoms with Crippen LogP contribution in [0.3, 0.4) is 0 Å². The van der Waals surface area contributed by atoms with Crippen LogP contribution in [0.25, 0.3) is 22.6 Å². The van der Waals surface area contributed by atoms with Crippen LogP contribution in [0.4, 0.5) is 11.4 Å². The number of aromatic nitrogens is 1. The molecule has 300 valence electrons. The van der Waals surface area contributed by atoms with Crippen LogP contribution in [0.1, 0.15) is 79.2 Å². The van der Waals surface area contributed by atoms with Gasteiger partial charge in [-0.1, -0.05) is 116 Å². The van der Waals surface area contributed by atoms with E-state index in [-0.39, 0.29) is 27.8 Å². The van der Waals surface area contributed by atoms with Gasteiger partial charge in [0.1, 0.15) is 20.4 Å². The van der Waals surface area contributed by atoms with Crippen molar-refractivity contribution in [3.8, 4) is 0 Å². The van der Waals surface area contributed by atoms with Crippen LogP contribution < -0.4 is 19.7 Å². The van der Waals surface area contributed by atoms with Crippen molar-refractivity contribution in [1.29, 1.82) is 0 Å². The summed E-state index contributed by atoms with van der Waals surface area (Å²) in [5.74, 6) is -2.15. The van der Waals surface area contributed by atoms with Crippen molar-refractivity contribution < 1.29 is 24.6 Å². The van der Waals surface area contributed by atoms with E-state index >= 15 is 0 Å². The molecule has 12 heteroatoms. The van der Waals surface area contributed by atoms with Crippen LogP contribution in [0.15, 0.2) is 108 Å². The van der Waals surface area contributed by atoms with Gasteiger partial charge in [0, 0.05) is 36.3 Å². The molecular formula is C47H43N3O6S3. The molecule has 8 rings (SSSR count). The van der Waals surface area contributed by atoms with Gasteiger partial charge < -0.3 is 15.1 Å². The first-order chi connectivity index (χ1) is 28.5. The molecule has 1 amide bonds. The summed E-state index contributed by atoms with van der Waals surface area (Å²) in [7, 11) is 0. The lowest BCUT2D eigenvalue weighted by Crippen LogP contribution is -2.36. The molecule has 2 N–H and O–H groups in total. The van der Waals surface area contributed by atoms with Crippen molar-refractivity contribution in [1.82, 2.24) is 9.47 Å². The van der Waals surface area contributed by atoms with E-state index in [0.717, 1.165) is 86.1 Å². The number of anilines is 2. The molecule has 0 spiro atoms. The third-order valence-corrected chi connectivity index (χ3v) is 14.0. The molecule has 3 unspecified atom stereocenters. The Kier molecular flexibility index (Phi) is 11.8. The molecule has 1 aromatic heterocycles. The number of nitrogens with zero attached hydrogens (tertiary/aromatic N) is 3. The molecule has 1 saturated carbocycles. The molecule has 3 aliphatic rings. The van der Waals surface area contributed by atoms with E-state index in [1.165, 1.54) is 10.5 Å². The SMILES string of the molecule is CC(CCCN1C(=O)/C(=c2\s/c(=C\c3ccc4c(c3)C3CCCC3N4c3ccc(C=C(c4ccccc4)c4ccccc4)cc3)c(=O)n2CC(=O)O)SC1=S)CC(=O)O. The molecule has 9 nitrogen and oxygen atoms in total. The quantitative estimate of drug-likeness (QED) is 0.0897. The fraction of sp³-hybridized carbons (Fsp3) is 0.255. The maximum absolute atomic E-state index is 13.8. The van der Waals surface area contributed by atoms with Gasteiger partial charge in [0.05, 0.1) is 4.53 Å². The monoisotopic (exact) mass is 841 g/mol. The van der Waals surface area contributed by atoms with Crippen LogP contribution >= 0.6 is 35.3 Å². The van der Waals surface area contributed by atoms with E-state index in [1.807, 2.05) is 25.1 Å². The Morgan fingerprint density at radius 1 is 0.881 bits per heavy atom. The standard InChI is InChI=1S/C47H43N3O6S3/c1-29(24-41(51)52)10-9-23-48-45(56)43(59-47(48)57)46-49(28-42(53)54)44(55)40(58-46)27-31-19-22-39-37(26-31)35-15-8-16-38(35)50(39)34-20-17-30(18-21-34)25-36(32-11-4-2-5-12-32)33-13-6-3-7-14-33/h2-7,11-14,17-22,25-27,29,35,38H,8-10,15-16,23-24,28H2,1H3,(H,51,52)(H,53,54)/b40-27-,46-43+. The predicted molar refractivity (Wildman–Crippen MR) is 240 cm³/mol. The van der Waals surface area contributed by atoms with E-state index < -0.39 is 24.0 Å². The van der Waals surface area contributed by atoms with Gasteiger partial charge in [0.25, 0.3) is 11.5 Å². The first kappa shape index (κ1) is 40.2. The summed E-state index contributed by atoms with van der Waals surface area (Å²) in [6.07, 6.45) is 8.51. The van der Waals surface area contributed by atoms with Gasteiger partial charge in [-0.15, -0.1) is 11.3 Å². The number of amides is 1. The number of carbonyl (C=O) groups excluding carboxylic acids is 1. The Balaban J connectivity index is 1.09. The van der Waals surface area contributed by atoms with Crippen LogP contribution in [0, 0.1) is 5.92 Å². The zero-order chi connectivity index (χ0) is 41.2. The van der Waals surface area contributed by atoms with Crippen molar-refractivity contribution >= 4 is 91.5 Å². The number of hydrogen-bond donors (Lipinski definition) is 2. The largest absolute Gasteiger partial charge is 0.481 e. The van der Waals surface area contributed by atoms with E-state index in [2.05, 4.69) is 95.9 Å². The Morgan fingerprint density at radius 2 is 1.56 bits per heavy atom. The van der Waals surface area contributed by atoms with Gasteiger partial charge in [-0.2, -0.15) is 0 Å². The van der Waals surface area contributed by atoms with Crippen LogP contribution in [-0.4, -0.2) is 54.4 Å². The van der Waals surface area contributed by atoms with E-state index in [9.17, 15) is 24.3 Å². The lowest BCUT2D eigenvalue weighted by molar-refractivity contribution is -0.138. The molecule has 1 aliphatic carbocycles. The van der Waals surface area contributed by atoms with Crippen LogP contribution in [0.5, 0.6) is 0 Å². The first-order valence-corrected chi connectivity index (χ1v) is 21.9. The van der Waals surface area contributed by atoms with Crippen LogP contribution in [0.2, 0.25) is 0 Å². The average molecular weight is 842 g/mol. The molecule has 0 bridgehead atoms. The molecule has 2 aliphatic heterocycles. The van der Waals surface area contributed by atoms with Crippen molar-refractivity contribution in [3.05, 3.63) is 150 Å². The Morgan fingerprint density at radius 3 is 2.22 bits per heavy atom. The lowest BCUT2D eigenvalue weighted by Gasteiger charge is -2.27. The number of carboxylic acids is 2. The van der Waals surface area contributed by atoms with E-state index in [4.69, 9.17) is 17.3 Å². The average Bonchev–Trinajstić information content (AvgIpc) is 3.97. The molecule has 2 fully saturated rings. The van der Waals surface area contributed by atoms with Crippen molar-refractivity contribution in [3.63, 3.8) is 0 Å². The zero-order valence-electron chi connectivity index (χ0n) is 32.5. The number of thiocarbonyl (C=S) groups is 1. The van der Waals surface area contributed by atoms with Crippen molar-refractivity contribution in [2.45, 2.75) is 64.0 Å². The minimum Gasteiger partial charge on any atom is -0.481 e. The normalized spacial score (nSPS) is 18.9. The molecule has 1 saturated heterocycles. The van der Waals surface area contributed by atoms with Crippen molar-refractivity contribution in [2.75, 3.05) is 11.4 Å².